The largest absolute Gasteiger partial charge is 0.481 e. The van der Waals surface area contributed by atoms with Crippen LogP contribution in [-0.4, -0.2) is 57.3 Å². The Hall–Kier alpha value is -0.810. The average molecular weight is 797 g/mol. The first-order valence-electron chi connectivity index (χ1n) is 18.4. The maximum atomic E-state index is 13.5. The van der Waals surface area contributed by atoms with Crippen LogP contribution in [-0.2, 0) is 14.3 Å². The number of allylic oxidation sites excluding steroid dienone is 1. The average Bonchev–Trinajstić information content (AvgIpc) is 3.33. The van der Waals surface area contributed by atoms with E-state index < -0.39 is 17.4 Å². The van der Waals surface area contributed by atoms with Gasteiger partial charge in [0.2, 0.25) is 9.47 Å². The highest BCUT2D eigenvalue weighted by Gasteiger charge is 2.72. The van der Waals surface area contributed by atoms with Crippen LogP contribution in [0.2, 0.25) is 0 Å². The maximum absolute atomic E-state index is 13.5. The summed E-state index contributed by atoms with van der Waals surface area (Å²) in [5.41, 5.74) is 6.64. The number of aromatic nitrogens is 3. The van der Waals surface area contributed by atoms with E-state index in [1.807, 2.05) is 0 Å². The fourth-order valence-electron chi connectivity index (χ4n) is 12.1. The third-order valence-electron chi connectivity index (χ3n) is 15.9. The summed E-state index contributed by atoms with van der Waals surface area (Å²) in [7, 11) is 0. The SMILES string of the molecule is CC(C)[C@@H](C)[C@@]1(C)CC[C@]2(C)[C@H]3CC[C@@H]4C5(COC[C@]4(C)[C@@H](OC[C@](C)(N)C(C)C)[C@H](n4c(Br)nnc4Br)C5)C3=CC[C@@]2(C)[C@@H]1C(=O)O. The number of hydrogen-bond donors (Lipinski definition) is 2. The Balaban J connectivity index is 1.47. The second-order valence-electron chi connectivity index (χ2n) is 18.6. The zero-order valence-electron chi connectivity index (χ0n) is 30.9. The monoisotopic (exact) mass is 794 g/mol. The van der Waals surface area contributed by atoms with Gasteiger partial charge >= 0.3 is 5.97 Å². The third-order valence-corrected chi connectivity index (χ3v) is 17.0. The summed E-state index contributed by atoms with van der Waals surface area (Å²) in [6.07, 6.45) is 8.11. The number of rotatable bonds is 8. The number of nitrogens with zero attached hydrogens (tertiary/aromatic N) is 3. The molecule has 2 heterocycles. The van der Waals surface area contributed by atoms with Gasteiger partial charge in [0.25, 0.3) is 0 Å². The molecule has 5 aliphatic rings. The summed E-state index contributed by atoms with van der Waals surface area (Å²) in [6, 6.07) is -0.0501. The number of ether oxygens (including phenoxy) is 2. The second kappa shape index (κ2) is 12.1. The van der Waals surface area contributed by atoms with Gasteiger partial charge in [-0.1, -0.05) is 74.0 Å². The summed E-state index contributed by atoms with van der Waals surface area (Å²) in [5, 5.41) is 19.9. The molecule has 10 heteroatoms. The van der Waals surface area contributed by atoms with E-state index >= 15 is 0 Å². The lowest BCUT2D eigenvalue weighted by Gasteiger charge is -2.71. The van der Waals surface area contributed by atoms with Crippen molar-refractivity contribution in [3.05, 3.63) is 21.1 Å². The molecule has 0 spiro atoms. The molecule has 6 rings (SSSR count). The molecule has 2 bridgehead atoms. The molecule has 1 saturated heterocycles. The number of halogens is 2. The van der Waals surface area contributed by atoms with E-state index in [0.717, 1.165) is 38.5 Å². The third kappa shape index (κ3) is 5.05. The second-order valence-corrected chi connectivity index (χ2v) is 20.0. The molecule has 0 aromatic carbocycles. The molecule has 3 saturated carbocycles. The minimum atomic E-state index is -0.621. The Bertz CT molecular complexity index is 1440. The van der Waals surface area contributed by atoms with Crippen molar-refractivity contribution in [3.63, 3.8) is 0 Å². The van der Waals surface area contributed by atoms with Gasteiger partial charge in [0.1, 0.15) is 0 Å². The van der Waals surface area contributed by atoms with Crippen molar-refractivity contribution in [2.45, 2.75) is 125 Å². The van der Waals surface area contributed by atoms with Crippen molar-refractivity contribution >= 4 is 37.8 Å². The smallest absolute Gasteiger partial charge is 0.307 e. The summed E-state index contributed by atoms with van der Waals surface area (Å²) in [6.45, 7) is 24.4. The van der Waals surface area contributed by atoms with Crippen LogP contribution in [0.5, 0.6) is 0 Å². The van der Waals surface area contributed by atoms with E-state index in [9.17, 15) is 9.90 Å². The Kier molecular flexibility index (Phi) is 9.34. The highest BCUT2D eigenvalue weighted by atomic mass is 79.9. The lowest BCUT2D eigenvalue weighted by Crippen LogP contribution is -2.69. The fraction of sp³-hybridized carbons (Fsp3) is 0.868. The van der Waals surface area contributed by atoms with Gasteiger partial charge in [0.05, 0.1) is 37.9 Å². The zero-order chi connectivity index (χ0) is 35.4. The van der Waals surface area contributed by atoms with Crippen molar-refractivity contribution in [3.8, 4) is 0 Å². The molecule has 0 radical (unpaired) electrons. The Labute approximate surface area is 305 Å². The number of nitrogens with two attached hydrogens (primary N) is 1. The van der Waals surface area contributed by atoms with Crippen LogP contribution in [0, 0.1) is 62.6 Å². The predicted molar refractivity (Wildman–Crippen MR) is 195 cm³/mol. The van der Waals surface area contributed by atoms with Crippen molar-refractivity contribution in [2.24, 2.45) is 68.3 Å². The summed E-state index contributed by atoms with van der Waals surface area (Å²) in [4.78, 5) is 13.5. The topological polar surface area (TPSA) is 112 Å². The normalized spacial score (nSPS) is 44.3. The number of carbonyl (C=O) groups is 1. The lowest BCUT2D eigenvalue weighted by molar-refractivity contribution is -0.252. The minimum absolute atomic E-state index is 0.0501. The number of carboxylic acids is 1. The first-order chi connectivity index (χ1) is 22.2. The van der Waals surface area contributed by atoms with Crippen LogP contribution in [0.4, 0.5) is 0 Å². The van der Waals surface area contributed by atoms with Gasteiger partial charge in [-0.25, -0.2) is 0 Å². The molecule has 3 N–H and O–H groups in total. The van der Waals surface area contributed by atoms with Crippen molar-refractivity contribution in [1.82, 2.24) is 14.8 Å². The first-order valence-corrected chi connectivity index (χ1v) is 20.0. The highest BCUT2D eigenvalue weighted by molar-refractivity contribution is 9.11. The number of aliphatic carboxylic acids is 1. The van der Waals surface area contributed by atoms with Crippen molar-refractivity contribution in [2.75, 3.05) is 19.8 Å². The molecule has 48 heavy (non-hydrogen) atoms. The Morgan fingerprint density at radius 3 is 2.31 bits per heavy atom. The lowest BCUT2D eigenvalue weighted by atomic mass is 9.34. The van der Waals surface area contributed by atoms with Crippen LogP contribution in [0.1, 0.15) is 114 Å². The Morgan fingerprint density at radius 1 is 1.08 bits per heavy atom. The van der Waals surface area contributed by atoms with Crippen LogP contribution in [0.25, 0.3) is 0 Å². The number of hydrogen-bond acceptors (Lipinski definition) is 6. The van der Waals surface area contributed by atoms with Crippen molar-refractivity contribution < 1.29 is 19.4 Å². The predicted octanol–water partition coefficient (Wildman–Crippen LogP) is 8.69. The fourth-order valence-corrected chi connectivity index (χ4v) is 13.4. The molecule has 1 aromatic rings. The van der Waals surface area contributed by atoms with Crippen LogP contribution < -0.4 is 5.73 Å². The molecular formula is C38H60Br2N4O4. The molecule has 1 aliphatic heterocycles. The van der Waals surface area contributed by atoms with Crippen LogP contribution >= 0.6 is 31.9 Å². The Morgan fingerprint density at radius 2 is 1.73 bits per heavy atom. The molecule has 0 amide bonds. The molecule has 270 valence electrons. The standard InChI is InChI=1S/C38H60Br2N4O4/c1-21(2)23(5)33(6)15-16-35(8)24-11-12-27-34(7)18-47-20-38(27,25(24)13-14-36(35,9)28(33)30(45)46)17-26(44-31(39)42-43-32(44)40)29(34)48-19-37(10,41)22(3)4/h13,21-24,26-29H,11-12,14-20,41H2,1-10H3,(H,45,46)/t23-,24+,26-,27+,28-,29+,33-,34+,35-,36+,37+,38?/m1/s1. The van der Waals surface area contributed by atoms with Gasteiger partial charge in [-0.15, -0.1) is 10.2 Å². The van der Waals surface area contributed by atoms with E-state index in [0.29, 0.717) is 53.0 Å². The molecule has 4 aliphatic carbocycles. The summed E-state index contributed by atoms with van der Waals surface area (Å²) in [5.74, 6) is 0.648. The van der Waals surface area contributed by atoms with Crippen LogP contribution in [0.3, 0.4) is 0 Å². The first kappa shape index (κ1) is 37.0. The quantitative estimate of drug-likeness (QED) is 0.253. The van der Waals surface area contributed by atoms with E-state index in [-0.39, 0.29) is 45.1 Å². The zero-order valence-corrected chi connectivity index (χ0v) is 34.1. The minimum Gasteiger partial charge on any atom is -0.481 e. The molecular weight excluding hydrogens is 736 g/mol. The maximum Gasteiger partial charge on any atom is 0.307 e. The summed E-state index contributed by atoms with van der Waals surface area (Å²) < 4.78 is 17.3. The van der Waals surface area contributed by atoms with Gasteiger partial charge < -0.3 is 20.3 Å². The van der Waals surface area contributed by atoms with E-state index in [2.05, 4.69) is 122 Å². The van der Waals surface area contributed by atoms with Gasteiger partial charge in [-0.3, -0.25) is 9.36 Å². The van der Waals surface area contributed by atoms with Gasteiger partial charge in [0, 0.05) is 16.4 Å². The van der Waals surface area contributed by atoms with Gasteiger partial charge in [-0.05, 0) is 123 Å². The van der Waals surface area contributed by atoms with E-state index in [1.165, 1.54) is 5.57 Å². The van der Waals surface area contributed by atoms with Gasteiger partial charge in [-0.2, -0.15) is 0 Å². The van der Waals surface area contributed by atoms with Gasteiger partial charge in [0.15, 0.2) is 0 Å². The number of carboxylic acid groups (broad SMARTS) is 1. The van der Waals surface area contributed by atoms with Crippen LogP contribution in [0.15, 0.2) is 21.1 Å². The molecule has 12 atom stereocenters. The van der Waals surface area contributed by atoms with E-state index in [1.54, 1.807) is 0 Å². The van der Waals surface area contributed by atoms with Crippen molar-refractivity contribution in [1.29, 1.82) is 0 Å². The van der Waals surface area contributed by atoms with E-state index in [4.69, 9.17) is 15.2 Å². The highest BCUT2D eigenvalue weighted by Crippen LogP contribution is 2.75. The molecule has 4 fully saturated rings. The summed E-state index contributed by atoms with van der Waals surface area (Å²) >= 11 is 7.47. The number of fused-ring (bicyclic) bond motifs is 3. The molecule has 1 unspecified atom stereocenters. The molecule has 1 aromatic heterocycles. The molecule has 8 nitrogen and oxygen atoms in total.